The second-order valence-electron chi connectivity index (χ2n) is 8.77. The van der Waals surface area contributed by atoms with Crippen LogP contribution in [0.2, 0.25) is 20.1 Å². The number of hydrogen-bond acceptors (Lipinski definition) is 3. The number of carbonyl (C=O) groups excluding carboxylic acids is 2. The number of nitrogens with one attached hydrogen (secondary N) is 1. The van der Waals surface area contributed by atoms with Gasteiger partial charge >= 0.3 is 0 Å². The largest absolute Gasteiger partial charge is 0.352 e. The average molecular weight is 576 g/mol. The van der Waals surface area contributed by atoms with E-state index < -0.39 is 6.04 Å². The summed E-state index contributed by atoms with van der Waals surface area (Å²) >= 11 is 26.1. The van der Waals surface area contributed by atoms with Crippen molar-refractivity contribution >= 4 is 70.0 Å². The maximum absolute atomic E-state index is 13.4. The maximum atomic E-state index is 13.4. The molecule has 0 spiro atoms. The molecule has 1 saturated carbocycles. The first kappa shape index (κ1) is 28.5. The molecule has 0 aliphatic heterocycles. The van der Waals surface area contributed by atoms with E-state index in [1.165, 1.54) is 18.2 Å². The van der Waals surface area contributed by atoms with Crippen LogP contribution in [0.4, 0.5) is 0 Å². The van der Waals surface area contributed by atoms with Crippen LogP contribution in [-0.4, -0.2) is 34.6 Å². The van der Waals surface area contributed by atoms with Crippen molar-refractivity contribution in [3.63, 3.8) is 0 Å². The van der Waals surface area contributed by atoms with Crippen molar-refractivity contribution in [3.8, 4) is 0 Å². The Morgan fingerprint density at radius 2 is 1.74 bits per heavy atom. The molecule has 1 unspecified atom stereocenters. The van der Waals surface area contributed by atoms with Gasteiger partial charge in [0.15, 0.2) is 0 Å². The highest BCUT2D eigenvalue weighted by Crippen LogP contribution is 2.27. The van der Waals surface area contributed by atoms with Gasteiger partial charge in [-0.2, -0.15) is 0 Å². The van der Waals surface area contributed by atoms with Crippen molar-refractivity contribution in [3.05, 3.63) is 67.6 Å². The first-order valence-electron chi connectivity index (χ1n) is 11.8. The molecule has 35 heavy (non-hydrogen) atoms. The Labute approximate surface area is 232 Å². The summed E-state index contributed by atoms with van der Waals surface area (Å²) in [5.41, 5.74) is 1.73. The lowest BCUT2D eigenvalue weighted by Crippen LogP contribution is -2.52. The number of rotatable bonds is 10. The average Bonchev–Trinajstić information content (AvgIpc) is 2.83. The van der Waals surface area contributed by atoms with Gasteiger partial charge in [-0.05, 0) is 54.7 Å². The van der Waals surface area contributed by atoms with Gasteiger partial charge in [0.25, 0.3) is 0 Å². The molecule has 0 saturated heterocycles. The molecular formula is C26H30Cl4N2O2S. The fraction of sp³-hybridized carbons (Fsp3) is 0.462. The number of thioether (sulfide) groups is 1. The first-order chi connectivity index (χ1) is 16.8. The molecular weight excluding hydrogens is 546 g/mol. The lowest BCUT2D eigenvalue weighted by molar-refractivity contribution is -0.139. The van der Waals surface area contributed by atoms with Crippen molar-refractivity contribution < 1.29 is 9.59 Å². The zero-order valence-corrected chi connectivity index (χ0v) is 23.5. The normalized spacial score (nSPS) is 15.0. The van der Waals surface area contributed by atoms with Crippen molar-refractivity contribution in [2.24, 2.45) is 0 Å². The van der Waals surface area contributed by atoms with Gasteiger partial charge in [-0.1, -0.05) is 84.7 Å². The number of halogens is 4. The minimum absolute atomic E-state index is 0.104. The summed E-state index contributed by atoms with van der Waals surface area (Å²) in [4.78, 5) is 28.4. The van der Waals surface area contributed by atoms with E-state index in [-0.39, 0.29) is 30.2 Å². The zero-order chi connectivity index (χ0) is 25.4. The summed E-state index contributed by atoms with van der Waals surface area (Å²) in [6.07, 6.45) is 5.93. The zero-order valence-electron chi connectivity index (χ0n) is 19.7. The maximum Gasteiger partial charge on any atom is 0.243 e. The third-order valence-electron chi connectivity index (χ3n) is 6.17. The van der Waals surface area contributed by atoms with Gasteiger partial charge in [-0.15, -0.1) is 11.8 Å². The molecule has 2 amide bonds. The standard InChI is InChI=1S/C26H30Cl4N2O2S/c1-2-24(26(34)31-20-6-4-3-5-7-20)32(14-18-9-10-19(27)13-22(18)29)25(33)16-35-15-17-8-11-21(28)23(30)12-17/h8-13,20,24H,2-7,14-16H2,1H3,(H,31,34). The summed E-state index contributed by atoms with van der Waals surface area (Å²) in [5.74, 6) is 0.598. The molecule has 0 aromatic heterocycles. The van der Waals surface area contributed by atoms with Crippen molar-refractivity contribution in [1.82, 2.24) is 10.2 Å². The number of amides is 2. The first-order valence-corrected chi connectivity index (χ1v) is 14.5. The van der Waals surface area contributed by atoms with Gasteiger partial charge in [0.05, 0.1) is 15.8 Å². The molecule has 2 aromatic rings. The van der Waals surface area contributed by atoms with Crippen LogP contribution in [0.3, 0.4) is 0 Å². The van der Waals surface area contributed by atoms with Gasteiger partial charge in [-0.25, -0.2) is 0 Å². The van der Waals surface area contributed by atoms with Gasteiger partial charge in [0.1, 0.15) is 6.04 Å². The van der Waals surface area contributed by atoms with Crippen molar-refractivity contribution in [2.75, 3.05) is 5.75 Å². The van der Waals surface area contributed by atoms with E-state index in [2.05, 4.69) is 5.32 Å². The summed E-state index contributed by atoms with van der Waals surface area (Å²) in [7, 11) is 0. The van der Waals surface area contributed by atoms with E-state index >= 15 is 0 Å². The van der Waals surface area contributed by atoms with Crippen LogP contribution in [0.5, 0.6) is 0 Å². The van der Waals surface area contributed by atoms with Gasteiger partial charge < -0.3 is 10.2 Å². The second-order valence-corrected chi connectivity index (χ2v) is 11.4. The second kappa shape index (κ2) is 14.0. The monoisotopic (exact) mass is 574 g/mol. The van der Waals surface area contributed by atoms with Crippen LogP contribution >= 0.6 is 58.2 Å². The Morgan fingerprint density at radius 1 is 1.00 bits per heavy atom. The van der Waals surface area contributed by atoms with E-state index in [1.807, 2.05) is 13.0 Å². The molecule has 4 nitrogen and oxygen atoms in total. The number of nitrogens with zero attached hydrogens (tertiary/aromatic N) is 1. The topological polar surface area (TPSA) is 49.4 Å². The van der Waals surface area contributed by atoms with E-state index in [0.717, 1.165) is 36.8 Å². The van der Waals surface area contributed by atoms with Crippen LogP contribution in [0.1, 0.15) is 56.6 Å². The quantitative estimate of drug-likeness (QED) is 0.314. The lowest BCUT2D eigenvalue weighted by Gasteiger charge is -2.33. The van der Waals surface area contributed by atoms with E-state index in [4.69, 9.17) is 46.4 Å². The number of hydrogen-bond donors (Lipinski definition) is 1. The summed E-state index contributed by atoms with van der Waals surface area (Å²) in [6.45, 7) is 2.16. The van der Waals surface area contributed by atoms with E-state index in [0.29, 0.717) is 32.3 Å². The molecule has 0 radical (unpaired) electrons. The van der Waals surface area contributed by atoms with Crippen LogP contribution in [-0.2, 0) is 21.9 Å². The Morgan fingerprint density at radius 3 is 2.40 bits per heavy atom. The molecule has 1 aliphatic rings. The molecule has 1 N–H and O–H groups in total. The highest BCUT2D eigenvalue weighted by Gasteiger charge is 2.30. The van der Waals surface area contributed by atoms with Gasteiger partial charge in [0.2, 0.25) is 11.8 Å². The van der Waals surface area contributed by atoms with Crippen LogP contribution in [0, 0.1) is 0 Å². The Kier molecular flexibility index (Phi) is 11.4. The van der Waals surface area contributed by atoms with Gasteiger partial charge in [0, 0.05) is 28.4 Å². The molecule has 9 heteroatoms. The highest BCUT2D eigenvalue weighted by molar-refractivity contribution is 7.99. The molecule has 1 atom stereocenters. The van der Waals surface area contributed by atoms with Crippen LogP contribution in [0.25, 0.3) is 0 Å². The van der Waals surface area contributed by atoms with Crippen molar-refractivity contribution in [2.45, 2.75) is 69.8 Å². The third kappa shape index (κ3) is 8.46. The molecule has 190 valence electrons. The lowest BCUT2D eigenvalue weighted by atomic mass is 9.95. The Bertz CT molecular complexity index is 1030. The molecule has 1 aliphatic carbocycles. The van der Waals surface area contributed by atoms with Gasteiger partial charge in [-0.3, -0.25) is 9.59 Å². The summed E-state index contributed by atoms with van der Waals surface area (Å²) in [6, 6.07) is 10.2. The molecule has 0 bridgehead atoms. The smallest absolute Gasteiger partial charge is 0.243 e. The fourth-order valence-electron chi connectivity index (χ4n) is 4.27. The minimum Gasteiger partial charge on any atom is -0.352 e. The van der Waals surface area contributed by atoms with Crippen LogP contribution in [0.15, 0.2) is 36.4 Å². The van der Waals surface area contributed by atoms with E-state index in [1.54, 1.807) is 35.2 Å². The number of carbonyl (C=O) groups is 2. The van der Waals surface area contributed by atoms with E-state index in [9.17, 15) is 9.59 Å². The van der Waals surface area contributed by atoms with Crippen LogP contribution < -0.4 is 5.32 Å². The third-order valence-corrected chi connectivity index (χ3v) is 8.49. The summed E-state index contributed by atoms with van der Waals surface area (Å²) in [5, 5.41) is 5.17. The molecule has 0 heterocycles. The Hall–Kier alpha value is -1.11. The highest BCUT2D eigenvalue weighted by atomic mass is 35.5. The summed E-state index contributed by atoms with van der Waals surface area (Å²) < 4.78 is 0. The molecule has 1 fully saturated rings. The molecule has 2 aromatic carbocycles. The number of benzene rings is 2. The Balaban J connectivity index is 1.73. The minimum atomic E-state index is -0.582. The predicted octanol–water partition coefficient (Wildman–Crippen LogP) is 7.79. The predicted molar refractivity (Wildman–Crippen MR) is 149 cm³/mol. The van der Waals surface area contributed by atoms with Crippen molar-refractivity contribution in [1.29, 1.82) is 0 Å². The molecule has 3 rings (SSSR count). The SMILES string of the molecule is CCC(C(=O)NC1CCCCC1)N(Cc1ccc(Cl)cc1Cl)C(=O)CSCc1ccc(Cl)c(Cl)c1. The fourth-order valence-corrected chi connectivity index (χ4v) is 5.91.